The number of hydrogen-bond donors (Lipinski definition) is 1. The average molecular weight is 510 g/mol. The van der Waals surface area contributed by atoms with E-state index in [0.717, 1.165) is 21.9 Å². The summed E-state index contributed by atoms with van der Waals surface area (Å²) >= 11 is 12.3. The van der Waals surface area contributed by atoms with E-state index in [1.165, 1.54) is 28.6 Å². The minimum Gasteiger partial charge on any atom is -0.481 e. The fourth-order valence-electron chi connectivity index (χ4n) is 4.67. The predicted molar refractivity (Wildman–Crippen MR) is 127 cm³/mol. The predicted octanol–water partition coefficient (Wildman–Crippen LogP) is 5.79. The number of nitrogens with zero attached hydrogens (tertiary/aromatic N) is 1. The van der Waals surface area contributed by atoms with Crippen LogP contribution in [0, 0.1) is 12.7 Å². The van der Waals surface area contributed by atoms with Crippen LogP contribution in [0.15, 0.2) is 47.4 Å². The van der Waals surface area contributed by atoms with Gasteiger partial charge in [-0.2, -0.15) is 4.31 Å². The molecule has 0 aromatic heterocycles. The zero-order valence-corrected chi connectivity index (χ0v) is 20.1. The summed E-state index contributed by atoms with van der Waals surface area (Å²) in [5, 5.41) is 11.0. The highest BCUT2D eigenvalue weighted by Gasteiger charge is 2.34. The quantitative estimate of drug-likeness (QED) is 0.472. The Hall–Kier alpha value is -2.19. The molecule has 33 heavy (non-hydrogen) atoms. The van der Waals surface area contributed by atoms with E-state index in [9.17, 15) is 22.7 Å². The fraction of sp³-hybridized carbons (Fsp3) is 0.292. The molecule has 3 aromatic carbocycles. The highest BCUT2D eigenvalue weighted by atomic mass is 35.5. The normalized spacial score (nSPS) is 15.8. The van der Waals surface area contributed by atoms with Crippen molar-refractivity contribution < 1.29 is 22.7 Å². The van der Waals surface area contributed by atoms with Gasteiger partial charge in [-0.05, 0) is 77.4 Å². The number of aliphatic carboxylic acids is 1. The molecule has 4 rings (SSSR count). The number of piperidine rings is 1. The lowest BCUT2D eigenvalue weighted by atomic mass is 9.82. The van der Waals surface area contributed by atoms with Crippen LogP contribution in [0.25, 0.3) is 10.8 Å². The van der Waals surface area contributed by atoms with Crippen LogP contribution in [-0.2, 0) is 21.2 Å². The molecule has 1 aliphatic heterocycles. The Bertz CT molecular complexity index is 1330. The lowest BCUT2D eigenvalue weighted by Gasteiger charge is -2.33. The summed E-state index contributed by atoms with van der Waals surface area (Å²) in [5.74, 6) is -1.36. The molecular weight excluding hydrogens is 488 g/mol. The van der Waals surface area contributed by atoms with Crippen LogP contribution in [-0.4, -0.2) is 36.9 Å². The molecule has 3 aromatic rings. The molecule has 0 unspecified atom stereocenters. The Morgan fingerprint density at radius 3 is 2.36 bits per heavy atom. The first-order valence-corrected chi connectivity index (χ1v) is 12.7. The third kappa shape index (κ3) is 4.60. The smallest absolute Gasteiger partial charge is 0.307 e. The molecule has 9 heteroatoms. The van der Waals surface area contributed by atoms with Crippen molar-refractivity contribution in [2.24, 2.45) is 0 Å². The largest absolute Gasteiger partial charge is 0.481 e. The third-order valence-electron chi connectivity index (χ3n) is 6.24. The van der Waals surface area contributed by atoms with E-state index in [-0.39, 0.29) is 46.2 Å². The summed E-state index contributed by atoms with van der Waals surface area (Å²) in [6.45, 7) is 2.34. The maximum atomic E-state index is 14.1. The monoisotopic (exact) mass is 509 g/mol. The third-order valence-corrected chi connectivity index (χ3v) is 9.10. The molecule has 0 radical (unpaired) electrons. The van der Waals surface area contributed by atoms with E-state index < -0.39 is 16.0 Å². The van der Waals surface area contributed by atoms with E-state index in [0.29, 0.717) is 18.4 Å². The average Bonchev–Trinajstić information content (AvgIpc) is 2.74. The van der Waals surface area contributed by atoms with Crippen LogP contribution in [0.1, 0.15) is 35.4 Å². The van der Waals surface area contributed by atoms with Crippen molar-refractivity contribution in [2.75, 3.05) is 13.1 Å². The standard InChI is InChI=1S/C24H22Cl2FNO4S/c1-14-17(12-22(29)30)11-16-5-6-18(27)13-19(16)23(14)15-7-9-28(10-8-15)33(31,32)24-20(25)3-2-4-21(24)26/h2-6,11,13,15H,7-10,12H2,1H3,(H,29,30). The molecule has 5 nitrogen and oxygen atoms in total. The summed E-state index contributed by atoms with van der Waals surface area (Å²) < 4.78 is 41.9. The molecule has 0 atom stereocenters. The number of carboxylic acids is 1. The molecule has 0 spiro atoms. The molecule has 0 amide bonds. The Morgan fingerprint density at radius 1 is 1.12 bits per heavy atom. The summed E-state index contributed by atoms with van der Waals surface area (Å²) in [6.07, 6.45) is 0.874. The van der Waals surface area contributed by atoms with Gasteiger partial charge in [0.05, 0.1) is 16.5 Å². The summed E-state index contributed by atoms with van der Waals surface area (Å²) in [7, 11) is -3.88. The zero-order chi connectivity index (χ0) is 23.9. The van der Waals surface area contributed by atoms with Gasteiger partial charge in [-0.15, -0.1) is 0 Å². The first kappa shape index (κ1) is 24.0. The molecular formula is C24H22Cl2FNO4S. The van der Waals surface area contributed by atoms with E-state index in [4.69, 9.17) is 23.2 Å². The van der Waals surface area contributed by atoms with Crippen molar-refractivity contribution in [3.63, 3.8) is 0 Å². The van der Waals surface area contributed by atoms with Crippen LogP contribution in [0.2, 0.25) is 10.0 Å². The minimum absolute atomic E-state index is 0.0452. The lowest BCUT2D eigenvalue weighted by molar-refractivity contribution is -0.136. The van der Waals surface area contributed by atoms with Gasteiger partial charge in [0.15, 0.2) is 0 Å². The number of hydrogen-bond acceptors (Lipinski definition) is 3. The van der Waals surface area contributed by atoms with Crippen LogP contribution < -0.4 is 0 Å². The fourth-order valence-corrected chi connectivity index (χ4v) is 7.24. The maximum absolute atomic E-state index is 14.1. The Morgan fingerprint density at radius 2 is 1.76 bits per heavy atom. The summed E-state index contributed by atoms with van der Waals surface area (Å²) in [5.41, 5.74) is 2.37. The Balaban J connectivity index is 1.69. The lowest BCUT2D eigenvalue weighted by Crippen LogP contribution is -2.38. The number of sulfonamides is 1. The Kier molecular flexibility index (Phi) is 6.69. The number of fused-ring (bicyclic) bond motifs is 1. The number of rotatable bonds is 5. The van der Waals surface area contributed by atoms with Gasteiger partial charge in [0.25, 0.3) is 0 Å². The van der Waals surface area contributed by atoms with Gasteiger partial charge in [0.2, 0.25) is 10.0 Å². The number of carbonyl (C=O) groups is 1. The van der Waals surface area contributed by atoms with Crippen molar-refractivity contribution in [1.82, 2.24) is 4.31 Å². The van der Waals surface area contributed by atoms with Crippen molar-refractivity contribution in [2.45, 2.75) is 37.0 Å². The number of halogens is 3. The minimum atomic E-state index is -3.88. The molecule has 1 aliphatic rings. The van der Waals surface area contributed by atoms with E-state index in [2.05, 4.69) is 0 Å². The second kappa shape index (κ2) is 9.22. The first-order chi connectivity index (χ1) is 15.6. The van der Waals surface area contributed by atoms with E-state index in [1.807, 2.05) is 6.92 Å². The van der Waals surface area contributed by atoms with Crippen LogP contribution in [0.3, 0.4) is 0 Å². The van der Waals surface area contributed by atoms with Crippen LogP contribution in [0.4, 0.5) is 4.39 Å². The topological polar surface area (TPSA) is 74.7 Å². The van der Waals surface area contributed by atoms with Crippen molar-refractivity contribution in [1.29, 1.82) is 0 Å². The van der Waals surface area contributed by atoms with E-state index >= 15 is 0 Å². The van der Waals surface area contributed by atoms with Crippen molar-refractivity contribution >= 4 is 50.0 Å². The van der Waals surface area contributed by atoms with Gasteiger partial charge >= 0.3 is 5.97 Å². The molecule has 0 bridgehead atoms. The molecule has 1 saturated heterocycles. The summed E-state index contributed by atoms with van der Waals surface area (Å²) in [6, 6.07) is 10.8. The van der Waals surface area contributed by atoms with Gasteiger partial charge < -0.3 is 5.11 Å². The second-order valence-electron chi connectivity index (χ2n) is 8.24. The van der Waals surface area contributed by atoms with Gasteiger partial charge in [-0.3, -0.25) is 4.79 Å². The van der Waals surface area contributed by atoms with Gasteiger partial charge in [0, 0.05) is 13.1 Å². The second-order valence-corrected chi connectivity index (χ2v) is 10.9. The molecule has 1 heterocycles. The zero-order valence-electron chi connectivity index (χ0n) is 17.8. The highest BCUT2D eigenvalue weighted by molar-refractivity contribution is 7.89. The van der Waals surface area contributed by atoms with Crippen LogP contribution >= 0.6 is 23.2 Å². The number of carboxylic acid groups (broad SMARTS) is 1. The van der Waals surface area contributed by atoms with Crippen molar-refractivity contribution in [3.8, 4) is 0 Å². The molecule has 0 aliphatic carbocycles. The SMILES string of the molecule is Cc1c(CC(=O)O)cc2ccc(F)cc2c1C1CCN(S(=O)(=O)c2c(Cl)cccc2Cl)CC1. The van der Waals surface area contributed by atoms with Crippen LogP contribution in [0.5, 0.6) is 0 Å². The van der Waals surface area contributed by atoms with Gasteiger partial charge in [-0.25, -0.2) is 12.8 Å². The number of benzene rings is 3. The highest BCUT2D eigenvalue weighted by Crippen LogP contribution is 2.40. The van der Waals surface area contributed by atoms with E-state index in [1.54, 1.807) is 18.2 Å². The molecule has 0 saturated carbocycles. The summed E-state index contributed by atoms with van der Waals surface area (Å²) in [4.78, 5) is 11.3. The molecule has 1 fully saturated rings. The Labute approximate surface area is 201 Å². The van der Waals surface area contributed by atoms with Crippen molar-refractivity contribution in [3.05, 3.63) is 75.0 Å². The first-order valence-electron chi connectivity index (χ1n) is 10.5. The molecule has 1 N–H and O–H groups in total. The molecule has 174 valence electrons. The van der Waals surface area contributed by atoms with Gasteiger partial charge in [0.1, 0.15) is 10.7 Å². The maximum Gasteiger partial charge on any atom is 0.307 e. The van der Waals surface area contributed by atoms with Gasteiger partial charge in [-0.1, -0.05) is 41.4 Å².